The molecule has 1 atom stereocenters. The van der Waals surface area contributed by atoms with Gasteiger partial charge >= 0.3 is 0 Å². The first-order chi connectivity index (χ1) is 8.58. The Morgan fingerprint density at radius 2 is 2.17 bits per heavy atom. The Morgan fingerprint density at radius 1 is 1.50 bits per heavy atom. The van der Waals surface area contributed by atoms with Crippen LogP contribution >= 0.6 is 0 Å². The molecule has 1 fully saturated rings. The molecule has 1 amide bonds. The highest BCUT2D eigenvalue weighted by Crippen LogP contribution is 2.21. The van der Waals surface area contributed by atoms with Gasteiger partial charge in [0.25, 0.3) is 0 Å². The van der Waals surface area contributed by atoms with E-state index in [9.17, 15) is 4.79 Å². The van der Waals surface area contributed by atoms with E-state index in [0.29, 0.717) is 12.6 Å². The molecular weight excluding hydrogens is 226 g/mol. The van der Waals surface area contributed by atoms with Crippen molar-refractivity contribution >= 4 is 11.6 Å². The minimum Gasteiger partial charge on any atom is -0.372 e. The number of nitrogens with zero attached hydrogens (tertiary/aromatic N) is 1. The van der Waals surface area contributed by atoms with Crippen LogP contribution in [-0.2, 0) is 4.79 Å². The maximum absolute atomic E-state index is 11.4. The van der Waals surface area contributed by atoms with Crippen LogP contribution in [0.15, 0.2) is 24.3 Å². The molecule has 1 saturated carbocycles. The number of aryl methyl sites for hydroxylation is 1. The summed E-state index contributed by atoms with van der Waals surface area (Å²) in [5, 5.41) is 3.29. The minimum absolute atomic E-state index is 0.276. The summed E-state index contributed by atoms with van der Waals surface area (Å²) in [4.78, 5) is 13.5. The number of carbonyl (C=O) groups is 1. The number of primary amides is 1. The molecule has 0 spiro atoms. The first-order valence-corrected chi connectivity index (χ1v) is 6.40. The maximum atomic E-state index is 11.4. The van der Waals surface area contributed by atoms with Gasteiger partial charge in [0.05, 0.1) is 0 Å². The summed E-state index contributed by atoms with van der Waals surface area (Å²) >= 11 is 0. The molecule has 0 aromatic heterocycles. The van der Waals surface area contributed by atoms with Crippen LogP contribution in [0.5, 0.6) is 0 Å². The molecule has 0 saturated heterocycles. The average molecular weight is 247 g/mol. The first-order valence-electron chi connectivity index (χ1n) is 6.40. The van der Waals surface area contributed by atoms with E-state index in [4.69, 9.17) is 5.73 Å². The summed E-state index contributed by atoms with van der Waals surface area (Å²) in [7, 11) is 1.99. The van der Waals surface area contributed by atoms with Crippen LogP contribution in [0.2, 0.25) is 0 Å². The van der Waals surface area contributed by atoms with Crippen molar-refractivity contribution < 1.29 is 4.79 Å². The topological polar surface area (TPSA) is 58.4 Å². The van der Waals surface area contributed by atoms with E-state index in [1.165, 1.54) is 5.56 Å². The third-order valence-corrected chi connectivity index (χ3v) is 3.34. The minimum atomic E-state index is -0.276. The lowest BCUT2D eigenvalue weighted by Crippen LogP contribution is -2.49. The van der Waals surface area contributed by atoms with Crippen LogP contribution in [-0.4, -0.2) is 31.6 Å². The number of para-hydroxylation sites is 1. The van der Waals surface area contributed by atoms with Crippen LogP contribution in [0.4, 0.5) is 5.69 Å². The molecule has 0 aliphatic heterocycles. The van der Waals surface area contributed by atoms with E-state index in [2.05, 4.69) is 29.3 Å². The van der Waals surface area contributed by atoms with Crippen LogP contribution < -0.4 is 16.0 Å². The third-order valence-electron chi connectivity index (χ3n) is 3.34. The largest absolute Gasteiger partial charge is 0.372 e. The molecule has 4 heteroatoms. The highest BCUT2D eigenvalue weighted by Gasteiger charge is 2.28. The van der Waals surface area contributed by atoms with Gasteiger partial charge in [-0.25, -0.2) is 0 Å². The SMILES string of the molecule is Cc1ccccc1N(C)CC(NC1CC1)C(N)=O. The summed E-state index contributed by atoms with van der Waals surface area (Å²) in [5.41, 5.74) is 7.79. The Hall–Kier alpha value is -1.55. The first kappa shape index (κ1) is 12.9. The molecule has 18 heavy (non-hydrogen) atoms. The lowest BCUT2D eigenvalue weighted by Gasteiger charge is -2.26. The molecule has 0 heterocycles. The van der Waals surface area contributed by atoms with E-state index >= 15 is 0 Å². The smallest absolute Gasteiger partial charge is 0.236 e. The van der Waals surface area contributed by atoms with E-state index in [1.54, 1.807) is 0 Å². The lowest BCUT2D eigenvalue weighted by molar-refractivity contribution is -0.119. The molecule has 1 aliphatic rings. The highest BCUT2D eigenvalue weighted by atomic mass is 16.1. The van der Waals surface area contributed by atoms with Gasteiger partial charge in [0.2, 0.25) is 5.91 Å². The number of likely N-dealkylation sites (N-methyl/N-ethyl adjacent to an activating group) is 1. The molecule has 98 valence electrons. The van der Waals surface area contributed by atoms with Crippen LogP contribution in [0.1, 0.15) is 18.4 Å². The predicted octanol–water partition coefficient (Wildman–Crippen LogP) is 1.04. The van der Waals surface area contributed by atoms with Crippen molar-refractivity contribution in [1.82, 2.24) is 5.32 Å². The molecule has 4 nitrogen and oxygen atoms in total. The molecule has 0 radical (unpaired) electrons. The second-order valence-corrected chi connectivity index (χ2v) is 5.06. The summed E-state index contributed by atoms with van der Waals surface area (Å²) < 4.78 is 0. The van der Waals surface area contributed by atoms with Gasteiger partial charge in [0, 0.05) is 25.3 Å². The second-order valence-electron chi connectivity index (χ2n) is 5.06. The van der Waals surface area contributed by atoms with Crippen molar-refractivity contribution in [2.24, 2.45) is 5.73 Å². The summed E-state index contributed by atoms with van der Waals surface area (Å²) in [6.45, 7) is 2.68. The summed E-state index contributed by atoms with van der Waals surface area (Å²) in [5.74, 6) is -0.276. The highest BCUT2D eigenvalue weighted by molar-refractivity contribution is 5.80. The number of benzene rings is 1. The Morgan fingerprint density at radius 3 is 2.72 bits per heavy atom. The lowest BCUT2D eigenvalue weighted by atomic mass is 10.1. The monoisotopic (exact) mass is 247 g/mol. The van der Waals surface area contributed by atoms with Crippen molar-refractivity contribution in [3.05, 3.63) is 29.8 Å². The maximum Gasteiger partial charge on any atom is 0.236 e. The third kappa shape index (κ3) is 3.23. The molecule has 1 aromatic rings. The van der Waals surface area contributed by atoms with Crippen molar-refractivity contribution in [3.63, 3.8) is 0 Å². The van der Waals surface area contributed by atoms with Gasteiger partial charge in [-0.3, -0.25) is 4.79 Å². The van der Waals surface area contributed by atoms with Crippen molar-refractivity contribution in [2.45, 2.75) is 31.8 Å². The Bertz CT molecular complexity index is 429. The number of nitrogens with one attached hydrogen (secondary N) is 1. The molecule has 1 aliphatic carbocycles. The number of rotatable bonds is 6. The van der Waals surface area contributed by atoms with Crippen molar-refractivity contribution in [2.75, 3.05) is 18.5 Å². The van der Waals surface area contributed by atoms with Crippen LogP contribution in [0, 0.1) is 6.92 Å². The number of carbonyl (C=O) groups excluding carboxylic acids is 1. The van der Waals surface area contributed by atoms with Crippen LogP contribution in [0.25, 0.3) is 0 Å². The zero-order valence-electron chi connectivity index (χ0n) is 11.0. The fraction of sp³-hybridized carbons (Fsp3) is 0.500. The number of anilines is 1. The van der Waals surface area contributed by atoms with Gasteiger partial charge in [0.15, 0.2) is 0 Å². The molecular formula is C14H21N3O. The van der Waals surface area contributed by atoms with Crippen LogP contribution in [0.3, 0.4) is 0 Å². The molecule has 2 rings (SSSR count). The standard InChI is InChI=1S/C14H21N3O/c1-10-5-3-4-6-13(10)17(2)9-12(14(15)18)16-11-7-8-11/h3-6,11-12,16H,7-9H2,1-2H3,(H2,15,18). The number of nitrogens with two attached hydrogens (primary N) is 1. The van der Waals surface area contributed by atoms with E-state index in [0.717, 1.165) is 18.5 Å². The van der Waals surface area contributed by atoms with E-state index < -0.39 is 0 Å². The zero-order valence-corrected chi connectivity index (χ0v) is 11.0. The van der Waals surface area contributed by atoms with Crippen molar-refractivity contribution in [1.29, 1.82) is 0 Å². The van der Waals surface area contributed by atoms with Gasteiger partial charge in [0.1, 0.15) is 6.04 Å². The van der Waals surface area contributed by atoms with E-state index in [-0.39, 0.29) is 11.9 Å². The van der Waals surface area contributed by atoms with Gasteiger partial charge < -0.3 is 16.0 Å². The molecule has 1 aromatic carbocycles. The quantitative estimate of drug-likeness (QED) is 0.789. The summed E-state index contributed by atoms with van der Waals surface area (Å²) in [6, 6.07) is 8.35. The normalized spacial score (nSPS) is 16.3. The Labute approximate surface area is 108 Å². The van der Waals surface area contributed by atoms with Gasteiger partial charge in [-0.15, -0.1) is 0 Å². The van der Waals surface area contributed by atoms with Gasteiger partial charge in [-0.1, -0.05) is 18.2 Å². The van der Waals surface area contributed by atoms with E-state index in [1.807, 2.05) is 19.2 Å². The molecule has 1 unspecified atom stereocenters. The van der Waals surface area contributed by atoms with Gasteiger partial charge in [-0.05, 0) is 31.4 Å². The van der Waals surface area contributed by atoms with Crippen molar-refractivity contribution in [3.8, 4) is 0 Å². The fourth-order valence-corrected chi connectivity index (χ4v) is 2.12. The molecule has 0 bridgehead atoms. The second kappa shape index (κ2) is 5.40. The summed E-state index contributed by atoms with van der Waals surface area (Å²) in [6.07, 6.45) is 2.30. The van der Waals surface area contributed by atoms with Gasteiger partial charge in [-0.2, -0.15) is 0 Å². The zero-order chi connectivity index (χ0) is 13.1. The Balaban J connectivity index is 2.01. The Kier molecular flexibility index (Phi) is 3.87. The number of hydrogen-bond acceptors (Lipinski definition) is 3. The predicted molar refractivity (Wildman–Crippen MR) is 73.6 cm³/mol. The average Bonchev–Trinajstić information content (AvgIpc) is 3.12. The molecule has 3 N–H and O–H groups in total. The number of amides is 1. The fourth-order valence-electron chi connectivity index (χ4n) is 2.12. The number of hydrogen-bond donors (Lipinski definition) is 2.